The SMILES string of the molecule is Cc1nc(CN2CCNC(=O)[C@@H](Cc3ccccc3)NC(=O)[C@H](Cc3ccccc3)NC(=O)[C@H](C)NC(=O)c3cc(on3)C2)n(C)c1C. The molecule has 252 valence electrons. The molecule has 3 atom stereocenters. The Bertz CT molecular complexity index is 1740. The Morgan fingerprint density at radius 2 is 1.44 bits per heavy atom. The number of aryl methyl sites for hydroxylation is 1. The molecule has 5 rings (SSSR count). The van der Waals surface area contributed by atoms with Gasteiger partial charge in [0.15, 0.2) is 11.5 Å². The number of hydrogen-bond acceptors (Lipinski definition) is 8. The van der Waals surface area contributed by atoms with E-state index in [2.05, 4.69) is 26.4 Å². The number of imidazole rings is 1. The molecular weight excluding hydrogens is 612 g/mol. The second-order valence-electron chi connectivity index (χ2n) is 12.1. The number of amides is 4. The van der Waals surface area contributed by atoms with Crippen molar-refractivity contribution >= 4 is 23.6 Å². The molecule has 1 aliphatic heterocycles. The summed E-state index contributed by atoms with van der Waals surface area (Å²) in [5, 5.41) is 15.2. The van der Waals surface area contributed by atoms with Gasteiger partial charge in [-0.2, -0.15) is 0 Å². The predicted octanol–water partition coefficient (Wildman–Crippen LogP) is 1.73. The van der Waals surface area contributed by atoms with Crippen LogP contribution in [-0.4, -0.2) is 74.5 Å². The normalized spacial score (nSPS) is 20.2. The fourth-order valence-electron chi connectivity index (χ4n) is 5.54. The van der Waals surface area contributed by atoms with E-state index in [0.29, 0.717) is 18.8 Å². The molecule has 13 heteroatoms. The number of carbonyl (C=O) groups is 4. The number of nitrogens with zero attached hydrogens (tertiary/aromatic N) is 4. The van der Waals surface area contributed by atoms with E-state index in [-0.39, 0.29) is 37.5 Å². The Morgan fingerprint density at radius 1 is 0.833 bits per heavy atom. The fourth-order valence-corrected chi connectivity index (χ4v) is 5.54. The van der Waals surface area contributed by atoms with Gasteiger partial charge in [-0.15, -0.1) is 0 Å². The first-order chi connectivity index (χ1) is 23.1. The Hall–Kier alpha value is -5.30. The first kappa shape index (κ1) is 34.0. The third-order valence-electron chi connectivity index (χ3n) is 8.55. The van der Waals surface area contributed by atoms with Crippen molar-refractivity contribution < 1.29 is 23.7 Å². The number of nitrogens with one attached hydrogen (secondary N) is 4. The molecule has 48 heavy (non-hydrogen) atoms. The Balaban J connectivity index is 1.44. The van der Waals surface area contributed by atoms with Crippen LogP contribution in [0.3, 0.4) is 0 Å². The van der Waals surface area contributed by atoms with E-state index in [4.69, 9.17) is 9.51 Å². The number of benzene rings is 2. The highest BCUT2D eigenvalue weighted by atomic mass is 16.5. The van der Waals surface area contributed by atoms with Crippen molar-refractivity contribution in [3.8, 4) is 0 Å². The lowest BCUT2D eigenvalue weighted by molar-refractivity contribution is -0.132. The molecule has 2 aromatic carbocycles. The Kier molecular flexibility index (Phi) is 11.0. The predicted molar refractivity (Wildman–Crippen MR) is 177 cm³/mol. The van der Waals surface area contributed by atoms with Crippen LogP contribution < -0.4 is 21.3 Å². The van der Waals surface area contributed by atoms with Crippen LogP contribution in [0.1, 0.15) is 51.5 Å². The van der Waals surface area contributed by atoms with E-state index in [1.165, 1.54) is 13.0 Å². The van der Waals surface area contributed by atoms with E-state index in [1.807, 2.05) is 91.0 Å². The van der Waals surface area contributed by atoms with Gasteiger partial charge in [-0.1, -0.05) is 65.8 Å². The molecule has 13 nitrogen and oxygen atoms in total. The molecule has 1 aliphatic rings. The lowest BCUT2D eigenvalue weighted by atomic mass is 10.0. The first-order valence-electron chi connectivity index (χ1n) is 16.0. The molecule has 0 saturated carbocycles. The van der Waals surface area contributed by atoms with Gasteiger partial charge in [-0.25, -0.2) is 4.98 Å². The summed E-state index contributed by atoms with van der Waals surface area (Å²) in [6, 6.07) is 17.3. The van der Waals surface area contributed by atoms with E-state index in [9.17, 15) is 19.2 Å². The average Bonchev–Trinajstić information content (AvgIpc) is 3.64. The monoisotopic (exact) mass is 654 g/mol. The maximum Gasteiger partial charge on any atom is 0.274 e. The van der Waals surface area contributed by atoms with Crippen molar-refractivity contribution in [1.82, 2.24) is 40.9 Å². The molecule has 0 fully saturated rings. The zero-order valence-electron chi connectivity index (χ0n) is 27.7. The van der Waals surface area contributed by atoms with Crippen LogP contribution >= 0.6 is 0 Å². The molecule has 4 aromatic rings. The van der Waals surface area contributed by atoms with Gasteiger partial charge >= 0.3 is 0 Å². The molecule has 2 bridgehead atoms. The summed E-state index contributed by atoms with van der Waals surface area (Å²) < 4.78 is 7.54. The average molecular weight is 655 g/mol. The van der Waals surface area contributed by atoms with Crippen LogP contribution in [0.2, 0.25) is 0 Å². The molecule has 4 amide bonds. The first-order valence-corrected chi connectivity index (χ1v) is 16.0. The van der Waals surface area contributed by atoms with Crippen LogP contribution in [-0.2, 0) is 47.4 Å². The van der Waals surface area contributed by atoms with Gasteiger partial charge < -0.3 is 30.4 Å². The molecule has 0 spiro atoms. The molecular formula is C35H42N8O5. The number of hydrogen-bond donors (Lipinski definition) is 4. The number of aromatic nitrogens is 3. The number of rotatable bonds is 6. The van der Waals surface area contributed by atoms with Gasteiger partial charge in [0.05, 0.1) is 18.8 Å². The fraction of sp³-hybridized carbons (Fsp3) is 0.371. The highest BCUT2D eigenvalue weighted by molar-refractivity contribution is 5.97. The van der Waals surface area contributed by atoms with E-state index in [0.717, 1.165) is 28.3 Å². The molecule has 3 heterocycles. The van der Waals surface area contributed by atoms with Gasteiger partial charge in [0, 0.05) is 44.7 Å². The summed E-state index contributed by atoms with van der Waals surface area (Å²) in [6.07, 6.45) is 0.416. The lowest BCUT2D eigenvalue weighted by Gasteiger charge is -2.25. The van der Waals surface area contributed by atoms with Crippen LogP contribution in [0.25, 0.3) is 0 Å². The molecule has 0 aliphatic carbocycles. The second-order valence-corrected chi connectivity index (χ2v) is 12.1. The van der Waals surface area contributed by atoms with Crippen LogP contribution in [0, 0.1) is 13.8 Å². The third kappa shape index (κ3) is 8.73. The smallest absolute Gasteiger partial charge is 0.274 e. The Morgan fingerprint density at radius 3 is 2.04 bits per heavy atom. The van der Waals surface area contributed by atoms with Crippen molar-refractivity contribution in [2.45, 2.75) is 64.8 Å². The Labute approximate surface area is 279 Å². The van der Waals surface area contributed by atoms with Gasteiger partial charge in [0.25, 0.3) is 5.91 Å². The van der Waals surface area contributed by atoms with Crippen LogP contribution in [0.4, 0.5) is 0 Å². The molecule has 0 unspecified atom stereocenters. The summed E-state index contributed by atoms with van der Waals surface area (Å²) in [5.41, 5.74) is 3.66. The number of carbonyl (C=O) groups excluding carboxylic acids is 4. The van der Waals surface area contributed by atoms with E-state index in [1.54, 1.807) is 0 Å². The topological polar surface area (TPSA) is 163 Å². The minimum atomic E-state index is -1.02. The quantitative estimate of drug-likeness (QED) is 0.244. The van der Waals surface area contributed by atoms with Crippen LogP contribution in [0.5, 0.6) is 0 Å². The van der Waals surface area contributed by atoms with E-state index >= 15 is 0 Å². The summed E-state index contributed by atoms with van der Waals surface area (Å²) in [5.74, 6) is -0.774. The number of fused-ring (bicyclic) bond motifs is 2. The minimum absolute atomic E-state index is 0.0185. The van der Waals surface area contributed by atoms with Crippen molar-refractivity contribution in [1.29, 1.82) is 0 Å². The van der Waals surface area contributed by atoms with Crippen molar-refractivity contribution in [2.24, 2.45) is 7.05 Å². The molecule has 0 saturated heterocycles. The van der Waals surface area contributed by atoms with E-state index < -0.39 is 35.8 Å². The van der Waals surface area contributed by atoms with Crippen molar-refractivity contribution in [2.75, 3.05) is 13.1 Å². The molecule has 4 N–H and O–H groups in total. The minimum Gasteiger partial charge on any atom is -0.359 e. The van der Waals surface area contributed by atoms with Gasteiger partial charge in [0.1, 0.15) is 23.9 Å². The van der Waals surface area contributed by atoms with Crippen LogP contribution in [0.15, 0.2) is 71.3 Å². The van der Waals surface area contributed by atoms with Crippen molar-refractivity contribution in [3.63, 3.8) is 0 Å². The zero-order chi connectivity index (χ0) is 34.2. The maximum absolute atomic E-state index is 13.8. The largest absolute Gasteiger partial charge is 0.359 e. The summed E-state index contributed by atoms with van der Waals surface area (Å²) in [7, 11) is 1.95. The highest BCUT2D eigenvalue weighted by Gasteiger charge is 2.30. The molecule has 2 aromatic heterocycles. The summed E-state index contributed by atoms with van der Waals surface area (Å²) in [4.78, 5) is 60.7. The summed E-state index contributed by atoms with van der Waals surface area (Å²) in [6.45, 7) is 6.86. The standard InChI is InChI=1S/C35H42N8O5/c1-22-24(3)42(4)31(37-22)21-43-16-15-36-33(45)28(17-25-11-7-5-8-12-25)40-34(46)29(18-26-13-9-6-10-14-26)39-32(44)23(2)38-35(47)30-19-27(20-43)48-41-30/h5-14,19,23,28-29H,15-18,20-21H2,1-4H3,(H,36,45)(H,38,47)(H,39,44)(H,40,46)/t23-,28+,29-/m0/s1. The maximum atomic E-state index is 13.8. The van der Waals surface area contributed by atoms with Gasteiger partial charge in [-0.3, -0.25) is 24.1 Å². The second kappa shape index (κ2) is 15.5. The van der Waals surface area contributed by atoms with Crippen molar-refractivity contribution in [3.05, 3.63) is 107 Å². The zero-order valence-corrected chi connectivity index (χ0v) is 27.7. The highest BCUT2D eigenvalue weighted by Crippen LogP contribution is 2.14. The van der Waals surface area contributed by atoms with Gasteiger partial charge in [-0.05, 0) is 31.9 Å². The van der Waals surface area contributed by atoms with Gasteiger partial charge in [0.2, 0.25) is 17.7 Å². The molecule has 0 radical (unpaired) electrons. The lowest BCUT2D eigenvalue weighted by Crippen LogP contribution is -2.57. The third-order valence-corrected chi connectivity index (χ3v) is 8.55. The summed E-state index contributed by atoms with van der Waals surface area (Å²) >= 11 is 0.